The van der Waals surface area contributed by atoms with E-state index in [1.807, 2.05) is 0 Å². The largest absolute Gasteiger partial charge is 0.0636 e. The molecule has 0 fully saturated rings. The van der Waals surface area contributed by atoms with Gasteiger partial charge in [0.1, 0.15) is 0 Å². The fourth-order valence-electron chi connectivity index (χ4n) is 5.48. The maximum atomic E-state index is 9.34. The van der Waals surface area contributed by atoms with E-state index in [4.69, 9.17) is 17.8 Å². The molecule has 0 aromatic heterocycles. The van der Waals surface area contributed by atoms with Crippen molar-refractivity contribution in [2.24, 2.45) is 0 Å². The Morgan fingerprint density at radius 2 is 0.975 bits per heavy atom. The number of benzene rings is 8. The highest BCUT2D eigenvalue weighted by molar-refractivity contribution is 6.24. The molecule has 0 N–H and O–H groups in total. The van der Waals surface area contributed by atoms with Crippen molar-refractivity contribution >= 4 is 43.1 Å². The van der Waals surface area contributed by atoms with E-state index in [0.717, 1.165) is 0 Å². The lowest BCUT2D eigenvalue weighted by atomic mass is 9.84. The van der Waals surface area contributed by atoms with Crippen molar-refractivity contribution in [1.29, 1.82) is 0 Å². The molecule has 0 amide bonds. The zero-order valence-corrected chi connectivity index (χ0v) is 20.9. The lowest BCUT2D eigenvalue weighted by Crippen LogP contribution is -1.92. The molecule has 0 heterocycles. The Hall–Kier alpha value is -5.20. The van der Waals surface area contributed by atoms with Crippen molar-refractivity contribution in [3.63, 3.8) is 0 Å². The highest BCUT2D eigenvalue weighted by atomic mass is 14.2. The third kappa shape index (κ3) is 3.54. The fourth-order valence-corrected chi connectivity index (χ4v) is 5.48. The van der Waals surface area contributed by atoms with Gasteiger partial charge in [-0.15, -0.1) is 0 Å². The second-order valence-electron chi connectivity index (χ2n) is 9.32. The van der Waals surface area contributed by atoms with Gasteiger partial charge in [0.25, 0.3) is 0 Å². The summed E-state index contributed by atoms with van der Waals surface area (Å²) in [7, 11) is 0. The fraction of sp³-hybridized carbons (Fsp3) is 0. The van der Waals surface area contributed by atoms with Crippen LogP contribution in [0.4, 0.5) is 0 Å². The van der Waals surface area contributed by atoms with E-state index in [-0.39, 0.29) is 62.6 Å². The normalized spacial score (nSPS) is 16.8. The lowest BCUT2D eigenvalue weighted by Gasteiger charge is -2.19. The van der Waals surface area contributed by atoms with Crippen LogP contribution in [0.1, 0.15) is 20.6 Å². The van der Waals surface area contributed by atoms with Gasteiger partial charge in [0.2, 0.25) is 0 Å². The summed E-state index contributed by atoms with van der Waals surface area (Å²) in [6, 6.07) is 11.6. The minimum atomic E-state index is -0.603. The molecule has 0 aliphatic rings. The van der Waals surface area contributed by atoms with Crippen LogP contribution in [0.3, 0.4) is 0 Å². The molecule has 0 heteroatoms. The Bertz CT molecular complexity index is 2960. The van der Waals surface area contributed by atoms with E-state index < -0.39 is 66.5 Å². The van der Waals surface area contributed by atoms with Gasteiger partial charge in [0, 0.05) is 0 Å². The molecule has 8 rings (SSSR count). The minimum Gasteiger partial charge on any atom is -0.0622 e. The van der Waals surface area contributed by atoms with Gasteiger partial charge >= 0.3 is 0 Å². The van der Waals surface area contributed by atoms with Crippen LogP contribution in [0, 0.1) is 0 Å². The van der Waals surface area contributed by atoms with Crippen molar-refractivity contribution in [3.8, 4) is 33.4 Å². The van der Waals surface area contributed by atoms with Crippen molar-refractivity contribution in [2.75, 3.05) is 0 Å². The monoisotopic (exact) mass is 521 g/mol. The molecule has 0 unspecified atom stereocenters. The van der Waals surface area contributed by atoms with E-state index in [1.165, 1.54) is 6.07 Å². The highest BCUT2D eigenvalue weighted by Crippen LogP contribution is 2.46. The summed E-state index contributed by atoms with van der Waals surface area (Å²) < 4.78 is 131. The van der Waals surface area contributed by atoms with Crippen LogP contribution in [0.15, 0.2) is 157 Å². The maximum Gasteiger partial charge on any atom is 0.0636 e. The maximum absolute atomic E-state index is 9.34. The van der Waals surface area contributed by atoms with Crippen LogP contribution in [0.25, 0.3) is 76.5 Å². The third-order valence-corrected chi connectivity index (χ3v) is 7.16. The van der Waals surface area contributed by atoms with Gasteiger partial charge in [-0.05, 0) is 82.5 Å². The summed E-state index contributed by atoms with van der Waals surface area (Å²) in [5.41, 5.74) is 1.000. The summed E-state index contributed by atoms with van der Waals surface area (Å²) in [6.45, 7) is 0. The van der Waals surface area contributed by atoms with Crippen molar-refractivity contribution < 1.29 is 20.6 Å². The Balaban J connectivity index is 1.56. The first kappa shape index (κ1) is 12.3. The lowest BCUT2D eigenvalue weighted by molar-refractivity contribution is 1.65. The molecular weight excluding hydrogens is 480 g/mol. The van der Waals surface area contributed by atoms with Gasteiger partial charge in [0.15, 0.2) is 0 Å². The van der Waals surface area contributed by atoms with Gasteiger partial charge in [-0.2, -0.15) is 0 Å². The Morgan fingerprint density at radius 1 is 0.350 bits per heavy atom. The topological polar surface area (TPSA) is 0 Å². The van der Waals surface area contributed by atoms with Crippen LogP contribution in [0.2, 0.25) is 0 Å². The average molecular weight is 522 g/mol. The highest BCUT2D eigenvalue weighted by Gasteiger charge is 2.18. The molecule has 186 valence electrons. The Kier molecular flexibility index (Phi) is 2.84. The first-order chi connectivity index (χ1) is 26.1. The van der Waals surface area contributed by atoms with Crippen LogP contribution < -0.4 is 0 Å². The van der Waals surface area contributed by atoms with Gasteiger partial charge in [-0.25, -0.2) is 0 Å². The zero-order chi connectivity index (χ0) is 39.5. The molecule has 0 saturated carbocycles. The van der Waals surface area contributed by atoms with Crippen molar-refractivity contribution in [1.82, 2.24) is 0 Å². The van der Waals surface area contributed by atoms with E-state index in [1.54, 1.807) is 60.7 Å². The summed E-state index contributed by atoms with van der Waals surface area (Å²) in [4.78, 5) is 0. The molecule has 0 nitrogen and oxygen atoms in total. The molecule has 0 aliphatic heterocycles. The zero-order valence-electron chi connectivity index (χ0n) is 35.9. The molecule has 0 aliphatic carbocycles. The van der Waals surface area contributed by atoms with Gasteiger partial charge < -0.3 is 0 Å². The van der Waals surface area contributed by atoms with Gasteiger partial charge in [-0.1, -0.05) is 151 Å². The quantitative estimate of drug-likeness (QED) is 0.203. The number of hydrogen-bond donors (Lipinski definition) is 0. The number of rotatable bonds is 3. The van der Waals surface area contributed by atoms with Crippen molar-refractivity contribution in [3.05, 3.63) is 157 Å². The number of hydrogen-bond acceptors (Lipinski definition) is 0. The summed E-state index contributed by atoms with van der Waals surface area (Å²) in [5, 5.41) is 1.92. The SMILES string of the molecule is [2H]c1c([2H])c([2H])c(-c2c3ccccc3c(-c3c([2H])c([2H])c([2H])c4c(-c5c([2H])c([2H])c6c([2H])c([2H])c([2H])c([2H])c6c5[2H])cccc34)c3ccccc23)c([2H])c1[2H]. The second kappa shape index (κ2) is 9.22. The Labute approximate surface area is 254 Å². The second-order valence-corrected chi connectivity index (χ2v) is 9.32. The first-order valence-corrected chi connectivity index (χ1v) is 12.6. The van der Waals surface area contributed by atoms with Gasteiger partial charge in [-0.3, -0.25) is 0 Å². The number of fused-ring (bicyclic) bond motifs is 4. The third-order valence-electron chi connectivity index (χ3n) is 7.16. The van der Waals surface area contributed by atoms with Crippen LogP contribution in [0.5, 0.6) is 0 Å². The van der Waals surface area contributed by atoms with E-state index in [0.29, 0.717) is 38.1 Å². The van der Waals surface area contributed by atoms with Crippen molar-refractivity contribution in [2.45, 2.75) is 0 Å². The molecule has 40 heavy (non-hydrogen) atoms. The van der Waals surface area contributed by atoms with E-state index >= 15 is 0 Å². The molecule has 0 spiro atoms. The molecule has 0 atom stereocenters. The van der Waals surface area contributed by atoms with Gasteiger partial charge in [0.05, 0.1) is 20.6 Å². The predicted molar refractivity (Wildman–Crippen MR) is 173 cm³/mol. The first-order valence-electron chi connectivity index (χ1n) is 20.1. The smallest absolute Gasteiger partial charge is 0.0622 e. The minimum absolute atomic E-state index is 0.00250. The summed E-state index contributed by atoms with van der Waals surface area (Å²) >= 11 is 0. The molecule has 0 saturated heterocycles. The van der Waals surface area contributed by atoms with E-state index in [2.05, 4.69) is 0 Å². The molecular formula is C40H26. The van der Waals surface area contributed by atoms with Crippen LogP contribution >= 0.6 is 0 Å². The average Bonchev–Trinajstić information content (AvgIpc) is 3.18. The molecule has 8 aromatic carbocycles. The standard InChI is InChI=1S/C40H26/c1-2-13-28(14-3-1)39-35-16-6-8-18-37(35)40(38-19-9-7-17-36(38)39)34-23-11-21-32-31(20-10-22-33(32)34)30-25-24-27-12-4-5-15-29(27)26-30/h1-26H/i1D,2D,3D,4D,5D,11D,12D,13D,14D,15D,21D,23D,24D,25D,26D. The predicted octanol–water partition coefficient (Wildman–Crippen LogP) is 11.3. The summed E-state index contributed by atoms with van der Waals surface area (Å²) in [6.07, 6.45) is 0. The molecule has 8 aromatic rings. The van der Waals surface area contributed by atoms with E-state index in [9.17, 15) is 2.74 Å². The molecule has 0 bridgehead atoms. The molecule has 0 radical (unpaired) electrons. The Morgan fingerprint density at radius 3 is 1.70 bits per heavy atom. The van der Waals surface area contributed by atoms with Crippen LogP contribution in [-0.4, -0.2) is 0 Å². The summed E-state index contributed by atoms with van der Waals surface area (Å²) in [5.74, 6) is 0. The van der Waals surface area contributed by atoms with Crippen LogP contribution in [-0.2, 0) is 0 Å².